The van der Waals surface area contributed by atoms with Gasteiger partial charge in [-0.3, -0.25) is 14.2 Å². The lowest BCUT2D eigenvalue weighted by molar-refractivity contribution is -0.125. The molecule has 1 fully saturated rings. The van der Waals surface area contributed by atoms with Gasteiger partial charge in [-0.15, -0.1) is 0 Å². The number of aromatic amines is 1. The van der Waals surface area contributed by atoms with Gasteiger partial charge in [0.1, 0.15) is 11.3 Å². The molecule has 5 rings (SSSR count). The molecule has 1 aliphatic rings. The molecule has 1 aliphatic heterocycles. The Kier molecular flexibility index (Phi) is 6.39. The highest BCUT2D eigenvalue weighted by Gasteiger charge is 2.28. The number of anilines is 1. The first-order valence-corrected chi connectivity index (χ1v) is 12.1. The minimum Gasteiger partial charge on any atom is -0.497 e. The van der Waals surface area contributed by atoms with Crippen molar-refractivity contribution in [2.75, 3.05) is 31.6 Å². The van der Waals surface area contributed by atoms with Crippen molar-refractivity contribution in [2.24, 2.45) is 5.92 Å². The van der Waals surface area contributed by atoms with Crippen LogP contribution < -0.4 is 20.5 Å². The topological polar surface area (TPSA) is 105 Å². The summed E-state index contributed by atoms with van der Waals surface area (Å²) in [4.78, 5) is 40.4. The number of amides is 1. The minimum atomic E-state index is -0.187. The molecule has 4 heterocycles. The number of aromatic nitrogens is 4. The van der Waals surface area contributed by atoms with Gasteiger partial charge in [0.25, 0.3) is 5.56 Å². The van der Waals surface area contributed by atoms with Crippen LogP contribution in [0.15, 0.2) is 47.5 Å². The molecule has 0 spiro atoms. The highest BCUT2D eigenvalue weighted by atomic mass is 16.5. The van der Waals surface area contributed by atoms with Crippen molar-refractivity contribution < 1.29 is 9.53 Å². The smallest absolute Gasteiger partial charge is 0.295 e. The van der Waals surface area contributed by atoms with Crippen LogP contribution >= 0.6 is 0 Å². The van der Waals surface area contributed by atoms with Crippen LogP contribution in [0.4, 0.5) is 5.82 Å². The fourth-order valence-corrected chi connectivity index (χ4v) is 4.90. The molecule has 4 aromatic rings. The van der Waals surface area contributed by atoms with E-state index in [1.165, 1.54) is 0 Å². The van der Waals surface area contributed by atoms with Gasteiger partial charge in [0.2, 0.25) is 5.91 Å². The summed E-state index contributed by atoms with van der Waals surface area (Å²) in [5, 5.41) is 4.20. The van der Waals surface area contributed by atoms with E-state index in [0.29, 0.717) is 43.2 Å². The summed E-state index contributed by atoms with van der Waals surface area (Å²) in [5.74, 6) is 1.04. The lowest BCUT2D eigenvalue weighted by Gasteiger charge is -2.32. The van der Waals surface area contributed by atoms with Crippen LogP contribution in [0.3, 0.4) is 0 Å². The number of nitrogens with one attached hydrogen (secondary N) is 2. The SMILES string of the molecule is CCn1c(=O)c(N2CCCC(C(=O)NCCc3c[nH]c4ccc(OC)cc34)C2)nc2cccnc21. The first-order valence-electron chi connectivity index (χ1n) is 12.1. The molecule has 3 aromatic heterocycles. The van der Waals surface area contributed by atoms with Gasteiger partial charge in [-0.25, -0.2) is 9.97 Å². The average Bonchev–Trinajstić information content (AvgIpc) is 3.30. The van der Waals surface area contributed by atoms with Crippen LogP contribution in [-0.2, 0) is 17.8 Å². The Morgan fingerprint density at radius 2 is 2.20 bits per heavy atom. The van der Waals surface area contributed by atoms with Gasteiger partial charge < -0.3 is 19.9 Å². The Balaban J connectivity index is 1.26. The second-order valence-corrected chi connectivity index (χ2v) is 8.88. The normalized spacial score (nSPS) is 16.1. The van der Waals surface area contributed by atoms with E-state index in [1.54, 1.807) is 17.9 Å². The zero-order valence-electron chi connectivity index (χ0n) is 20.1. The first kappa shape index (κ1) is 22.9. The third-order valence-electron chi connectivity index (χ3n) is 6.76. The van der Waals surface area contributed by atoms with Crippen molar-refractivity contribution in [3.63, 3.8) is 0 Å². The Morgan fingerprint density at radius 3 is 3.03 bits per heavy atom. The van der Waals surface area contributed by atoms with E-state index < -0.39 is 0 Å². The van der Waals surface area contributed by atoms with E-state index in [1.807, 2.05) is 48.4 Å². The summed E-state index contributed by atoms with van der Waals surface area (Å²) in [6.45, 7) is 4.17. The molecule has 9 nitrogen and oxygen atoms in total. The highest BCUT2D eigenvalue weighted by molar-refractivity contribution is 5.85. The van der Waals surface area contributed by atoms with Crippen LogP contribution in [-0.4, -0.2) is 52.2 Å². The first-order chi connectivity index (χ1) is 17.1. The number of H-pyrrole nitrogens is 1. The molecular weight excluding hydrogens is 444 g/mol. The van der Waals surface area contributed by atoms with Gasteiger partial charge in [-0.2, -0.15) is 0 Å². The molecule has 9 heteroatoms. The number of aryl methyl sites for hydroxylation is 1. The second-order valence-electron chi connectivity index (χ2n) is 8.88. The van der Waals surface area contributed by atoms with Gasteiger partial charge in [0.05, 0.1) is 13.0 Å². The van der Waals surface area contributed by atoms with Gasteiger partial charge >= 0.3 is 0 Å². The fraction of sp³-hybridized carbons (Fsp3) is 0.385. The van der Waals surface area contributed by atoms with E-state index in [9.17, 15) is 9.59 Å². The predicted molar refractivity (Wildman–Crippen MR) is 136 cm³/mol. The molecule has 0 saturated carbocycles. The van der Waals surface area contributed by atoms with E-state index >= 15 is 0 Å². The number of methoxy groups -OCH3 is 1. The maximum Gasteiger partial charge on any atom is 0.295 e. The Bertz CT molecular complexity index is 1430. The van der Waals surface area contributed by atoms with Crippen LogP contribution in [0.25, 0.3) is 22.1 Å². The summed E-state index contributed by atoms with van der Waals surface area (Å²) in [5.41, 5.74) is 3.30. The molecule has 0 radical (unpaired) electrons. The molecule has 1 aromatic carbocycles. The van der Waals surface area contributed by atoms with Crippen molar-refractivity contribution in [1.29, 1.82) is 0 Å². The van der Waals surface area contributed by atoms with Gasteiger partial charge in [-0.05, 0) is 62.1 Å². The summed E-state index contributed by atoms with van der Waals surface area (Å²) < 4.78 is 6.99. The minimum absolute atomic E-state index is 0.0189. The molecular formula is C26H30N6O3. The number of rotatable bonds is 7. The van der Waals surface area contributed by atoms with Crippen LogP contribution in [0, 0.1) is 5.92 Å². The van der Waals surface area contributed by atoms with Crippen molar-refractivity contribution in [2.45, 2.75) is 32.7 Å². The Labute approximate surface area is 203 Å². The van der Waals surface area contributed by atoms with Gasteiger partial charge in [0.15, 0.2) is 11.5 Å². The standard InChI is InChI=1S/C26H30N6O3/c1-3-32-23-22(7-4-11-27-23)30-24(26(32)34)31-13-5-6-18(16-31)25(33)28-12-10-17-15-29-21-9-8-19(35-2)14-20(17)21/h4,7-9,11,14-15,18,29H,3,5-6,10,12-13,16H2,1-2H3,(H,28,33). The largest absolute Gasteiger partial charge is 0.497 e. The number of carbonyl (C=O) groups is 1. The van der Waals surface area contributed by atoms with Crippen molar-refractivity contribution >= 4 is 33.8 Å². The second kappa shape index (κ2) is 9.77. The lowest BCUT2D eigenvalue weighted by Crippen LogP contribution is -2.46. The zero-order valence-corrected chi connectivity index (χ0v) is 20.1. The van der Waals surface area contributed by atoms with Crippen molar-refractivity contribution in [3.8, 4) is 5.75 Å². The maximum atomic E-state index is 13.2. The Hall–Kier alpha value is -3.88. The predicted octanol–water partition coefficient (Wildman–Crippen LogP) is 2.88. The van der Waals surface area contributed by atoms with Crippen LogP contribution in [0.1, 0.15) is 25.3 Å². The lowest BCUT2D eigenvalue weighted by atomic mass is 9.97. The third-order valence-corrected chi connectivity index (χ3v) is 6.76. The number of piperidine rings is 1. The molecule has 1 atom stereocenters. The van der Waals surface area contributed by atoms with E-state index in [2.05, 4.69) is 20.3 Å². The number of carbonyl (C=O) groups excluding carboxylic acids is 1. The number of benzene rings is 1. The van der Waals surface area contributed by atoms with Crippen molar-refractivity contribution in [1.82, 2.24) is 24.8 Å². The van der Waals surface area contributed by atoms with Crippen LogP contribution in [0.5, 0.6) is 5.75 Å². The molecule has 0 aliphatic carbocycles. The molecule has 35 heavy (non-hydrogen) atoms. The number of fused-ring (bicyclic) bond motifs is 2. The van der Waals surface area contributed by atoms with Crippen molar-refractivity contribution in [3.05, 3.63) is 58.6 Å². The fourth-order valence-electron chi connectivity index (χ4n) is 4.90. The maximum absolute atomic E-state index is 13.2. The zero-order chi connectivity index (χ0) is 24.4. The molecule has 1 saturated heterocycles. The van der Waals surface area contributed by atoms with E-state index in [4.69, 9.17) is 4.74 Å². The number of nitrogens with zero attached hydrogens (tertiary/aromatic N) is 4. The number of hydrogen-bond donors (Lipinski definition) is 2. The third kappa shape index (κ3) is 4.45. The Morgan fingerprint density at radius 1 is 1.31 bits per heavy atom. The number of pyridine rings is 1. The number of hydrogen-bond acceptors (Lipinski definition) is 6. The van der Waals surface area contributed by atoms with Gasteiger partial charge in [0, 0.05) is 49.5 Å². The quantitative estimate of drug-likeness (QED) is 0.427. The summed E-state index contributed by atoms with van der Waals surface area (Å²) in [6.07, 6.45) is 6.00. The summed E-state index contributed by atoms with van der Waals surface area (Å²) in [6, 6.07) is 9.62. The number of ether oxygens (including phenoxy) is 1. The average molecular weight is 475 g/mol. The molecule has 2 N–H and O–H groups in total. The highest BCUT2D eigenvalue weighted by Crippen LogP contribution is 2.24. The summed E-state index contributed by atoms with van der Waals surface area (Å²) in [7, 11) is 1.66. The molecule has 1 amide bonds. The van der Waals surface area contributed by atoms with Crippen LogP contribution in [0.2, 0.25) is 0 Å². The van der Waals surface area contributed by atoms with E-state index in [0.717, 1.165) is 41.5 Å². The van der Waals surface area contributed by atoms with Gasteiger partial charge in [-0.1, -0.05) is 0 Å². The summed E-state index contributed by atoms with van der Waals surface area (Å²) >= 11 is 0. The molecule has 0 bridgehead atoms. The monoisotopic (exact) mass is 474 g/mol. The molecule has 182 valence electrons. The molecule has 1 unspecified atom stereocenters. The van der Waals surface area contributed by atoms with E-state index in [-0.39, 0.29) is 17.4 Å².